The van der Waals surface area contributed by atoms with Crippen molar-refractivity contribution in [2.45, 2.75) is 13.0 Å². The van der Waals surface area contributed by atoms with E-state index in [-0.39, 0.29) is 21.3 Å². The van der Waals surface area contributed by atoms with Gasteiger partial charge in [-0.1, -0.05) is 29.8 Å². The van der Waals surface area contributed by atoms with Gasteiger partial charge in [-0.25, -0.2) is 14.0 Å². The third kappa shape index (κ3) is 3.88. The molecule has 1 aliphatic heterocycles. The van der Waals surface area contributed by atoms with Crippen LogP contribution in [0.15, 0.2) is 53.7 Å². The summed E-state index contributed by atoms with van der Waals surface area (Å²) in [5, 5.41) is 3.24. The van der Waals surface area contributed by atoms with Gasteiger partial charge in [0, 0.05) is 11.4 Å². The van der Waals surface area contributed by atoms with E-state index in [1.165, 1.54) is 32.4 Å². The van der Waals surface area contributed by atoms with Gasteiger partial charge in [-0.05, 0) is 49.0 Å². The molecule has 0 radical (unpaired) electrons. The van der Waals surface area contributed by atoms with E-state index >= 15 is 0 Å². The van der Waals surface area contributed by atoms with E-state index < -0.39 is 23.8 Å². The predicted molar refractivity (Wildman–Crippen MR) is 115 cm³/mol. The van der Waals surface area contributed by atoms with Crippen molar-refractivity contribution in [3.63, 3.8) is 0 Å². The number of anilines is 1. The Hall–Kier alpha value is -2.97. The van der Waals surface area contributed by atoms with Crippen molar-refractivity contribution < 1.29 is 23.5 Å². The SMILES string of the molecule is COC(=O)C1=C(C)N(c2ccc(F)c(Cl)c2)C(=S)NC1c1ccccc1C(=O)OC. The quantitative estimate of drug-likeness (QED) is 0.556. The summed E-state index contributed by atoms with van der Waals surface area (Å²) >= 11 is 11.5. The first-order valence-corrected chi connectivity index (χ1v) is 9.60. The third-order valence-corrected chi connectivity index (χ3v) is 5.32. The number of halogens is 2. The summed E-state index contributed by atoms with van der Waals surface area (Å²) in [4.78, 5) is 26.5. The minimum atomic E-state index is -0.757. The standard InChI is InChI=1S/C21H18ClFN2O4S/c1-11-17(20(27)29-3)18(13-6-4-5-7-14(13)19(26)28-2)24-21(30)25(11)12-8-9-16(23)15(22)10-12/h4-10,18H,1-3H3,(H,24,30). The van der Waals surface area contributed by atoms with Crippen molar-refractivity contribution in [2.75, 3.05) is 19.1 Å². The number of nitrogens with zero attached hydrogens (tertiary/aromatic N) is 1. The molecule has 2 aromatic rings. The van der Waals surface area contributed by atoms with Gasteiger partial charge < -0.3 is 14.8 Å². The van der Waals surface area contributed by atoms with Crippen molar-refractivity contribution in [1.82, 2.24) is 5.32 Å². The summed E-state index contributed by atoms with van der Waals surface area (Å²) < 4.78 is 23.5. The molecule has 0 saturated carbocycles. The Labute approximate surface area is 183 Å². The van der Waals surface area contributed by atoms with Crippen LogP contribution in [0.3, 0.4) is 0 Å². The van der Waals surface area contributed by atoms with E-state index in [1.54, 1.807) is 36.1 Å². The molecule has 0 fully saturated rings. The highest BCUT2D eigenvalue weighted by Crippen LogP contribution is 2.36. The molecule has 1 N–H and O–H groups in total. The number of esters is 2. The van der Waals surface area contributed by atoms with Gasteiger partial charge in [0.25, 0.3) is 0 Å². The Kier molecular flexibility index (Phi) is 6.38. The lowest BCUT2D eigenvalue weighted by Gasteiger charge is -2.37. The van der Waals surface area contributed by atoms with Crippen molar-refractivity contribution in [1.29, 1.82) is 0 Å². The van der Waals surface area contributed by atoms with E-state index in [2.05, 4.69) is 5.32 Å². The van der Waals surface area contributed by atoms with E-state index in [0.29, 0.717) is 16.9 Å². The lowest BCUT2D eigenvalue weighted by atomic mass is 9.91. The first kappa shape index (κ1) is 21.7. The van der Waals surface area contributed by atoms with E-state index in [1.807, 2.05) is 0 Å². The zero-order valence-corrected chi connectivity index (χ0v) is 17.9. The number of carbonyl (C=O) groups excluding carboxylic acids is 2. The molecular weight excluding hydrogens is 431 g/mol. The van der Waals surface area contributed by atoms with Gasteiger partial charge >= 0.3 is 11.9 Å². The largest absolute Gasteiger partial charge is 0.466 e. The van der Waals surface area contributed by atoms with Crippen molar-refractivity contribution in [3.8, 4) is 0 Å². The minimum absolute atomic E-state index is 0.0825. The minimum Gasteiger partial charge on any atom is -0.466 e. The molecule has 3 rings (SSSR count). The highest BCUT2D eigenvalue weighted by Gasteiger charge is 2.37. The molecule has 1 unspecified atom stereocenters. The average Bonchev–Trinajstić information content (AvgIpc) is 2.74. The molecule has 0 aromatic heterocycles. The van der Waals surface area contributed by atoms with Crippen molar-refractivity contribution in [3.05, 3.63) is 75.7 Å². The molecule has 0 spiro atoms. The van der Waals surface area contributed by atoms with Crippen molar-refractivity contribution in [2.24, 2.45) is 0 Å². The van der Waals surface area contributed by atoms with Gasteiger partial charge in [0.05, 0.1) is 36.4 Å². The van der Waals surface area contributed by atoms with E-state index in [9.17, 15) is 14.0 Å². The highest BCUT2D eigenvalue weighted by molar-refractivity contribution is 7.80. The molecule has 6 nitrogen and oxygen atoms in total. The number of benzene rings is 2. The first-order valence-electron chi connectivity index (χ1n) is 8.82. The molecule has 0 aliphatic carbocycles. The van der Waals surface area contributed by atoms with Gasteiger partial charge in [0.1, 0.15) is 5.82 Å². The summed E-state index contributed by atoms with van der Waals surface area (Å²) in [5.41, 5.74) is 1.95. The second-order valence-electron chi connectivity index (χ2n) is 6.39. The van der Waals surface area contributed by atoms with Crippen LogP contribution in [0.1, 0.15) is 28.9 Å². The number of ether oxygens (including phenoxy) is 2. The number of methoxy groups -OCH3 is 2. The third-order valence-electron chi connectivity index (χ3n) is 4.73. The van der Waals surface area contributed by atoms with Crippen LogP contribution in [0.25, 0.3) is 0 Å². The maximum atomic E-state index is 13.6. The Morgan fingerprint density at radius 1 is 1.13 bits per heavy atom. The number of nitrogens with one attached hydrogen (secondary N) is 1. The van der Waals surface area contributed by atoms with Gasteiger partial charge in [-0.15, -0.1) is 0 Å². The van der Waals surface area contributed by atoms with E-state index in [0.717, 1.165) is 0 Å². The Balaban J connectivity index is 2.20. The number of carbonyl (C=O) groups is 2. The smallest absolute Gasteiger partial charge is 0.338 e. The maximum Gasteiger partial charge on any atom is 0.338 e. The predicted octanol–water partition coefficient (Wildman–Crippen LogP) is 4.15. The fourth-order valence-corrected chi connectivity index (χ4v) is 3.87. The summed E-state index contributed by atoms with van der Waals surface area (Å²) in [6, 6.07) is 10.1. The summed E-state index contributed by atoms with van der Waals surface area (Å²) in [6.07, 6.45) is 0. The molecule has 0 bridgehead atoms. The topological polar surface area (TPSA) is 67.9 Å². The van der Waals surface area contributed by atoms with Gasteiger partial charge in [-0.3, -0.25) is 4.90 Å². The van der Waals surface area contributed by atoms with Crippen LogP contribution < -0.4 is 10.2 Å². The summed E-state index contributed by atoms with van der Waals surface area (Å²) in [6.45, 7) is 1.68. The first-order chi connectivity index (χ1) is 14.3. The second kappa shape index (κ2) is 8.81. The van der Waals surface area contributed by atoms with Gasteiger partial charge in [0.15, 0.2) is 5.11 Å². The molecule has 2 aromatic carbocycles. The molecule has 30 heavy (non-hydrogen) atoms. The Bertz CT molecular complexity index is 1070. The zero-order valence-electron chi connectivity index (χ0n) is 16.4. The molecule has 0 amide bonds. The second-order valence-corrected chi connectivity index (χ2v) is 7.18. The normalized spacial score (nSPS) is 16.2. The molecule has 1 atom stereocenters. The van der Waals surface area contributed by atoms with Crippen molar-refractivity contribution >= 4 is 46.6 Å². The fourth-order valence-electron chi connectivity index (χ4n) is 3.33. The average molecular weight is 449 g/mol. The summed E-state index contributed by atoms with van der Waals surface area (Å²) in [5.74, 6) is -1.73. The van der Waals surface area contributed by atoms with Crippen LogP contribution in [0, 0.1) is 5.82 Å². The fraction of sp³-hybridized carbons (Fsp3) is 0.190. The van der Waals surface area contributed by atoms with Gasteiger partial charge in [0.2, 0.25) is 0 Å². The number of hydrogen-bond donors (Lipinski definition) is 1. The maximum absolute atomic E-state index is 13.6. The van der Waals surface area contributed by atoms with Crippen LogP contribution in [-0.2, 0) is 14.3 Å². The zero-order chi connectivity index (χ0) is 22.0. The van der Waals surface area contributed by atoms with Crippen LogP contribution >= 0.6 is 23.8 Å². The molecule has 0 saturated heterocycles. The number of hydrogen-bond acceptors (Lipinski definition) is 5. The Morgan fingerprint density at radius 2 is 1.80 bits per heavy atom. The van der Waals surface area contributed by atoms with Crippen LogP contribution in [0.4, 0.5) is 10.1 Å². The number of allylic oxidation sites excluding steroid dienone is 1. The monoisotopic (exact) mass is 448 g/mol. The molecule has 1 heterocycles. The Morgan fingerprint density at radius 3 is 2.43 bits per heavy atom. The highest BCUT2D eigenvalue weighted by atomic mass is 35.5. The van der Waals surface area contributed by atoms with Crippen LogP contribution in [-0.4, -0.2) is 31.3 Å². The molecular formula is C21H18ClFN2O4S. The van der Waals surface area contributed by atoms with Crippen LogP contribution in [0.5, 0.6) is 0 Å². The lowest BCUT2D eigenvalue weighted by molar-refractivity contribution is -0.136. The number of thiocarbonyl (C=S) groups is 1. The molecule has 1 aliphatic rings. The molecule has 156 valence electrons. The van der Waals surface area contributed by atoms with Gasteiger partial charge in [-0.2, -0.15) is 0 Å². The van der Waals surface area contributed by atoms with E-state index in [4.69, 9.17) is 33.3 Å². The van der Waals surface area contributed by atoms with Crippen LogP contribution in [0.2, 0.25) is 5.02 Å². The lowest BCUT2D eigenvalue weighted by Crippen LogP contribution is -2.48. The number of rotatable bonds is 4. The molecule has 9 heteroatoms. The summed E-state index contributed by atoms with van der Waals surface area (Å²) in [7, 11) is 2.54.